The number of aromatic nitrogens is 1. The number of nitrogens with one attached hydrogen (secondary N) is 3. The molecule has 0 bridgehead atoms. The van der Waals surface area contributed by atoms with Crippen molar-refractivity contribution in [3.05, 3.63) is 63.6 Å². The fraction of sp³-hybridized carbons (Fsp3) is 0.150. The van der Waals surface area contributed by atoms with Crippen molar-refractivity contribution in [2.75, 3.05) is 23.1 Å². The van der Waals surface area contributed by atoms with Crippen molar-refractivity contribution >= 4 is 55.7 Å². The van der Waals surface area contributed by atoms with Crippen LogP contribution in [0.15, 0.2) is 52.3 Å². The smallest absolute Gasteiger partial charge is 0.325 e. The van der Waals surface area contributed by atoms with Gasteiger partial charge in [0.05, 0.1) is 24.9 Å². The van der Waals surface area contributed by atoms with Gasteiger partial charge in [0, 0.05) is 15.5 Å². The summed E-state index contributed by atoms with van der Waals surface area (Å²) in [7, 11) is 1.53. The van der Waals surface area contributed by atoms with Gasteiger partial charge in [-0.25, -0.2) is 9.78 Å². The largest absolute Gasteiger partial charge is 0.495 e. The number of benzene rings is 2. The van der Waals surface area contributed by atoms with Gasteiger partial charge in [-0.05, 0) is 42.8 Å². The summed E-state index contributed by atoms with van der Waals surface area (Å²) in [5, 5.41) is 10.4. The normalized spacial score (nSPS) is 10.3. The van der Waals surface area contributed by atoms with E-state index >= 15 is 0 Å². The second-order valence-corrected chi connectivity index (χ2v) is 7.88. The van der Waals surface area contributed by atoms with E-state index in [1.54, 1.807) is 23.6 Å². The van der Waals surface area contributed by atoms with Crippen LogP contribution in [-0.2, 0) is 11.2 Å². The van der Waals surface area contributed by atoms with Gasteiger partial charge in [-0.2, -0.15) is 0 Å². The molecule has 3 rings (SSSR count). The van der Waals surface area contributed by atoms with Gasteiger partial charge in [0.1, 0.15) is 5.75 Å². The second-order valence-electron chi connectivity index (χ2n) is 6.11. The van der Waals surface area contributed by atoms with Crippen molar-refractivity contribution in [3.63, 3.8) is 0 Å². The molecule has 2 aromatic carbocycles. The molecule has 0 fully saturated rings. The number of ether oxygens (including phenoxy) is 1. The molecule has 0 aliphatic carbocycles. The quantitative estimate of drug-likeness (QED) is 0.466. The summed E-state index contributed by atoms with van der Waals surface area (Å²) in [6, 6.07) is 12.3. The van der Waals surface area contributed by atoms with Gasteiger partial charge in [0.2, 0.25) is 5.91 Å². The van der Waals surface area contributed by atoms with E-state index in [4.69, 9.17) is 4.74 Å². The zero-order valence-electron chi connectivity index (χ0n) is 15.8. The number of aryl methyl sites for hydroxylation is 1. The minimum absolute atomic E-state index is 0.113. The van der Waals surface area contributed by atoms with Crippen LogP contribution in [0.4, 0.5) is 21.3 Å². The van der Waals surface area contributed by atoms with Crippen LogP contribution in [0, 0.1) is 6.92 Å². The van der Waals surface area contributed by atoms with Crippen LogP contribution in [0.1, 0.15) is 11.3 Å². The Morgan fingerprint density at radius 3 is 2.66 bits per heavy atom. The number of anilines is 3. The summed E-state index contributed by atoms with van der Waals surface area (Å²) in [6.07, 6.45) is 0.113. The average Bonchev–Trinajstić information content (AvgIpc) is 3.11. The lowest BCUT2D eigenvalue weighted by molar-refractivity contribution is -0.115. The number of amides is 3. The first-order valence-corrected chi connectivity index (χ1v) is 10.3. The molecule has 3 amide bonds. The third kappa shape index (κ3) is 5.78. The number of methoxy groups -OCH3 is 1. The molecule has 29 heavy (non-hydrogen) atoms. The maximum absolute atomic E-state index is 12.3. The van der Waals surface area contributed by atoms with E-state index in [1.807, 2.05) is 31.2 Å². The van der Waals surface area contributed by atoms with E-state index in [2.05, 4.69) is 36.9 Å². The fourth-order valence-electron chi connectivity index (χ4n) is 2.57. The molecule has 0 atom stereocenters. The van der Waals surface area contributed by atoms with Crippen molar-refractivity contribution in [2.45, 2.75) is 13.3 Å². The summed E-state index contributed by atoms with van der Waals surface area (Å²) < 4.78 is 6.16. The van der Waals surface area contributed by atoms with Crippen LogP contribution in [0.25, 0.3) is 0 Å². The van der Waals surface area contributed by atoms with Crippen molar-refractivity contribution in [3.8, 4) is 5.75 Å². The Hall–Kier alpha value is -2.91. The molecule has 0 spiro atoms. The van der Waals surface area contributed by atoms with E-state index in [-0.39, 0.29) is 12.3 Å². The third-order valence-electron chi connectivity index (χ3n) is 3.93. The molecule has 0 unspecified atom stereocenters. The minimum Gasteiger partial charge on any atom is -0.495 e. The second kappa shape index (κ2) is 9.53. The lowest BCUT2D eigenvalue weighted by Gasteiger charge is -2.09. The number of urea groups is 1. The Morgan fingerprint density at radius 1 is 1.10 bits per heavy atom. The van der Waals surface area contributed by atoms with Crippen molar-refractivity contribution in [1.29, 1.82) is 0 Å². The molecular weight excluding hydrogens is 456 g/mol. The predicted molar refractivity (Wildman–Crippen MR) is 119 cm³/mol. The maximum Gasteiger partial charge on any atom is 0.325 e. The Bertz CT molecular complexity index is 1040. The highest BCUT2D eigenvalue weighted by molar-refractivity contribution is 9.10. The van der Waals surface area contributed by atoms with Gasteiger partial charge in [-0.1, -0.05) is 28.1 Å². The average molecular weight is 475 g/mol. The van der Waals surface area contributed by atoms with Gasteiger partial charge in [-0.3, -0.25) is 10.1 Å². The number of hydrogen-bond acceptors (Lipinski definition) is 5. The molecule has 1 heterocycles. The molecule has 150 valence electrons. The molecule has 0 saturated carbocycles. The standard InChI is InChI=1S/C20H19BrN4O3S/c1-12-9-13(21)7-8-15(12)23-18(26)10-14-11-29-20(22-14)25-19(27)24-16-5-3-4-6-17(16)28-2/h3-9,11H,10H2,1-2H3,(H,23,26)(H2,22,24,25,27). The number of halogens is 1. The maximum atomic E-state index is 12.3. The molecule has 0 aliphatic rings. The summed E-state index contributed by atoms with van der Waals surface area (Å²) in [6.45, 7) is 1.92. The van der Waals surface area contributed by atoms with Crippen LogP contribution < -0.4 is 20.7 Å². The van der Waals surface area contributed by atoms with Crippen LogP contribution in [0.2, 0.25) is 0 Å². The lowest BCUT2D eigenvalue weighted by Crippen LogP contribution is -2.20. The van der Waals surface area contributed by atoms with E-state index in [0.717, 1.165) is 15.7 Å². The molecule has 3 aromatic rings. The van der Waals surface area contributed by atoms with E-state index in [0.29, 0.717) is 22.3 Å². The molecule has 1 aromatic heterocycles. The Balaban J connectivity index is 1.56. The Kier molecular flexibility index (Phi) is 6.84. The van der Waals surface area contributed by atoms with Gasteiger partial charge in [0.15, 0.2) is 5.13 Å². The van der Waals surface area contributed by atoms with Crippen LogP contribution in [0.3, 0.4) is 0 Å². The highest BCUT2D eigenvalue weighted by atomic mass is 79.9. The van der Waals surface area contributed by atoms with Crippen LogP contribution in [-0.4, -0.2) is 24.0 Å². The summed E-state index contributed by atoms with van der Waals surface area (Å²) in [5.41, 5.74) is 2.84. The molecule has 0 radical (unpaired) electrons. The lowest BCUT2D eigenvalue weighted by atomic mass is 10.2. The number of carbonyl (C=O) groups excluding carboxylic acids is 2. The van der Waals surface area contributed by atoms with E-state index < -0.39 is 6.03 Å². The Labute approximate surface area is 180 Å². The summed E-state index contributed by atoms with van der Waals surface area (Å²) in [4.78, 5) is 28.8. The number of carbonyl (C=O) groups is 2. The molecule has 7 nitrogen and oxygen atoms in total. The summed E-state index contributed by atoms with van der Waals surface area (Å²) in [5.74, 6) is 0.383. The van der Waals surface area contributed by atoms with Crippen molar-refractivity contribution < 1.29 is 14.3 Å². The van der Waals surface area contributed by atoms with Crippen LogP contribution >= 0.6 is 27.3 Å². The number of rotatable bonds is 6. The van der Waals surface area contributed by atoms with Gasteiger partial charge >= 0.3 is 6.03 Å². The van der Waals surface area contributed by atoms with Gasteiger partial charge in [0.25, 0.3) is 0 Å². The highest BCUT2D eigenvalue weighted by Gasteiger charge is 2.12. The Morgan fingerprint density at radius 2 is 1.90 bits per heavy atom. The van der Waals surface area contributed by atoms with Crippen LogP contribution in [0.5, 0.6) is 5.75 Å². The summed E-state index contributed by atoms with van der Waals surface area (Å²) >= 11 is 4.65. The fourth-order valence-corrected chi connectivity index (χ4v) is 3.75. The number of hydrogen-bond donors (Lipinski definition) is 3. The number of nitrogens with zero attached hydrogens (tertiary/aromatic N) is 1. The monoisotopic (exact) mass is 474 g/mol. The zero-order valence-corrected chi connectivity index (χ0v) is 18.2. The topological polar surface area (TPSA) is 92.3 Å². The molecule has 3 N–H and O–H groups in total. The van der Waals surface area contributed by atoms with E-state index in [1.165, 1.54) is 18.4 Å². The molecular formula is C20H19BrN4O3S. The number of para-hydroxylation sites is 2. The highest BCUT2D eigenvalue weighted by Crippen LogP contribution is 2.24. The predicted octanol–water partition coefficient (Wildman–Crippen LogP) is 5.05. The first-order chi connectivity index (χ1) is 13.9. The molecule has 0 saturated heterocycles. The first-order valence-electron chi connectivity index (χ1n) is 8.66. The van der Waals surface area contributed by atoms with Crippen molar-refractivity contribution in [2.24, 2.45) is 0 Å². The molecule has 9 heteroatoms. The first kappa shape index (κ1) is 20.8. The third-order valence-corrected chi connectivity index (χ3v) is 5.23. The zero-order chi connectivity index (χ0) is 20.8. The minimum atomic E-state index is -0.440. The van der Waals surface area contributed by atoms with E-state index in [9.17, 15) is 9.59 Å². The molecule has 0 aliphatic heterocycles. The van der Waals surface area contributed by atoms with Gasteiger partial charge in [-0.15, -0.1) is 11.3 Å². The number of thiazole rings is 1. The van der Waals surface area contributed by atoms with Crippen molar-refractivity contribution in [1.82, 2.24) is 4.98 Å². The SMILES string of the molecule is COc1ccccc1NC(=O)Nc1nc(CC(=O)Nc2ccc(Br)cc2C)cs1. The van der Waals surface area contributed by atoms with Gasteiger partial charge < -0.3 is 15.4 Å².